The van der Waals surface area contributed by atoms with Crippen LogP contribution in [0, 0.1) is 0 Å². The predicted octanol–water partition coefficient (Wildman–Crippen LogP) is 5.80. The highest BCUT2D eigenvalue weighted by molar-refractivity contribution is 5.90. The molecule has 1 heterocycles. The van der Waals surface area contributed by atoms with Gasteiger partial charge in [-0.15, -0.1) is 0 Å². The average molecular weight is 440 g/mol. The maximum Gasteiger partial charge on any atom is 0.416 e. The fourth-order valence-electron chi connectivity index (χ4n) is 3.34. The SMILES string of the molecule is CCOC(=O)c1cccc(-n2c(COc3ccccc3)nc3cc(C(F)(F)F)ccc32)c1. The van der Waals surface area contributed by atoms with Gasteiger partial charge in [0, 0.05) is 5.69 Å². The molecule has 0 fully saturated rings. The second kappa shape index (κ2) is 8.74. The van der Waals surface area contributed by atoms with E-state index in [0.717, 1.165) is 12.1 Å². The Kier molecular flexibility index (Phi) is 5.85. The van der Waals surface area contributed by atoms with Gasteiger partial charge in [-0.3, -0.25) is 4.57 Å². The van der Waals surface area contributed by atoms with Crippen molar-refractivity contribution in [1.82, 2.24) is 9.55 Å². The lowest BCUT2D eigenvalue weighted by Crippen LogP contribution is -2.08. The Morgan fingerprint density at radius 1 is 1.00 bits per heavy atom. The van der Waals surface area contributed by atoms with E-state index < -0.39 is 17.7 Å². The van der Waals surface area contributed by atoms with Crippen LogP contribution in [-0.2, 0) is 17.5 Å². The Bertz CT molecular complexity index is 1250. The molecule has 4 aromatic rings. The standard InChI is InChI=1S/C24H19F3N2O3/c1-2-31-23(30)16-7-6-8-18(13-16)29-21-12-11-17(24(25,26)27)14-20(21)28-22(29)15-32-19-9-4-3-5-10-19/h3-14H,2,15H2,1H3. The van der Waals surface area contributed by atoms with Crippen LogP contribution >= 0.6 is 0 Å². The van der Waals surface area contributed by atoms with Crippen molar-refractivity contribution in [2.24, 2.45) is 0 Å². The number of carbonyl (C=O) groups is 1. The highest BCUT2D eigenvalue weighted by atomic mass is 19.4. The van der Waals surface area contributed by atoms with Crippen molar-refractivity contribution in [3.05, 3.63) is 89.7 Å². The fraction of sp³-hybridized carbons (Fsp3) is 0.167. The number of imidazole rings is 1. The molecular formula is C24H19F3N2O3. The molecule has 0 aliphatic rings. The van der Waals surface area contributed by atoms with Gasteiger partial charge in [0.2, 0.25) is 0 Å². The molecule has 4 rings (SSSR count). The number of ether oxygens (including phenoxy) is 2. The van der Waals surface area contributed by atoms with Crippen molar-refractivity contribution >= 4 is 17.0 Å². The number of aromatic nitrogens is 2. The van der Waals surface area contributed by atoms with E-state index >= 15 is 0 Å². The molecule has 0 bridgehead atoms. The first-order chi connectivity index (χ1) is 15.4. The largest absolute Gasteiger partial charge is 0.486 e. The zero-order chi connectivity index (χ0) is 22.7. The number of rotatable bonds is 6. The number of hydrogen-bond acceptors (Lipinski definition) is 4. The van der Waals surface area contributed by atoms with E-state index in [1.807, 2.05) is 18.2 Å². The smallest absolute Gasteiger partial charge is 0.416 e. The van der Waals surface area contributed by atoms with E-state index in [1.54, 1.807) is 47.9 Å². The number of fused-ring (bicyclic) bond motifs is 1. The average Bonchev–Trinajstić information content (AvgIpc) is 3.16. The molecule has 8 heteroatoms. The van der Waals surface area contributed by atoms with Gasteiger partial charge in [0.1, 0.15) is 12.4 Å². The first-order valence-electron chi connectivity index (χ1n) is 9.91. The first kappa shape index (κ1) is 21.4. The molecule has 0 atom stereocenters. The van der Waals surface area contributed by atoms with Gasteiger partial charge in [-0.25, -0.2) is 9.78 Å². The molecule has 1 aromatic heterocycles. The summed E-state index contributed by atoms with van der Waals surface area (Å²) in [6, 6.07) is 19.1. The van der Waals surface area contributed by atoms with E-state index in [9.17, 15) is 18.0 Å². The highest BCUT2D eigenvalue weighted by Crippen LogP contribution is 2.32. The van der Waals surface area contributed by atoms with Gasteiger partial charge in [0.25, 0.3) is 0 Å². The van der Waals surface area contributed by atoms with Crippen LogP contribution in [0.15, 0.2) is 72.8 Å². The Hall–Kier alpha value is -3.81. The minimum absolute atomic E-state index is 0.0175. The molecule has 0 spiro atoms. The maximum absolute atomic E-state index is 13.2. The van der Waals surface area contributed by atoms with Crippen LogP contribution in [0.2, 0.25) is 0 Å². The van der Waals surface area contributed by atoms with E-state index in [0.29, 0.717) is 28.3 Å². The van der Waals surface area contributed by atoms with E-state index in [2.05, 4.69) is 4.98 Å². The minimum Gasteiger partial charge on any atom is -0.486 e. The van der Waals surface area contributed by atoms with Crippen LogP contribution in [-0.4, -0.2) is 22.1 Å². The number of alkyl halides is 3. The summed E-state index contributed by atoms with van der Waals surface area (Å²) in [6.45, 7) is 1.96. The Morgan fingerprint density at radius 2 is 1.78 bits per heavy atom. The molecular weight excluding hydrogens is 421 g/mol. The summed E-state index contributed by atoms with van der Waals surface area (Å²) < 4.78 is 52.2. The van der Waals surface area contributed by atoms with Crippen LogP contribution in [0.4, 0.5) is 13.2 Å². The number of carbonyl (C=O) groups excluding carboxylic acids is 1. The molecule has 0 amide bonds. The summed E-state index contributed by atoms with van der Waals surface area (Å²) in [7, 11) is 0. The van der Waals surface area contributed by atoms with Gasteiger partial charge < -0.3 is 9.47 Å². The molecule has 0 N–H and O–H groups in total. The molecule has 0 aliphatic heterocycles. The maximum atomic E-state index is 13.2. The van der Waals surface area contributed by atoms with Crippen LogP contribution < -0.4 is 4.74 Å². The summed E-state index contributed by atoms with van der Waals surface area (Å²) in [5.74, 6) is 0.506. The molecule has 0 unspecified atom stereocenters. The van der Waals surface area contributed by atoms with Crippen molar-refractivity contribution in [2.75, 3.05) is 6.61 Å². The van der Waals surface area contributed by atoms with Gasteiger partial charge in [0.05, 0.1) is 28.8 Å². The zero-order valence-corrected chi connectivity index (χ0v) is 17.1. The number of halogens is 3. The summed E-state index contributed by atoms with van der Waals surface area (Å²) in [6.07, 6.45) is -4.48. The molecule has 3 aromatic carbocycles. The summed E-state index contributed by atoms with van der Waals surface area (Å²) in [5.41, 5.74) is 0.738. The van der Waals surface area contributed by atoms with Gasteiger partial charge in [0.15, 0.2) is 5.82 Å². The second-order valence-electron chi connectivity index (χ2n) is 6.94. The van der Waals surface area contributed by atoms with Crippen LogP contribution in [0.3, 0.4) is 0 Å². The summed E-state index contributed by atoms with van der Waals surface area (Å²) in [5, 5.41) is 0. The summed E-state index contributed by atoms with van der Waals surface area (Å²) in [4.78, 5) is 16.6. The third kappa shape index (κ3) is 4.44. The molecule has 32 heavy (non-hydrogen) atoms. The number of esters is 1. The van der Waals surface area contributed by atoms with Gasteiger partial charge in [-0.2, -0.15) is 13.2 Å². The molecule has 0 radical (unpaired) electrons. The number of para-hydroxylation sites is 1. The highest BCUT2D eigenvalue weighted by Gasteiger charge is 2.31. The molecule has 164 valence electrons. The predicted molar refractivity (Wildman–Crippen MR) is 113 cm³/mol. The monoisotopic (exact) mass is 440 g/mol. The molecule has 0 aliphatic carbocycles. The first-order valence-corrected chi connectivity index (χ1v) is 9.91. The lowest BCUT2D eigenvalue weighted by molar-refractivity contribution is -0.137. The van der Waals surface area contributed by atoms with Gasteiger partial charge in [-0.1, -0.05) is 24.3 Å². The Morgan fingerprint density at radius 3 is 2.50 bits per heavy atom. The lowest BCUT2D eigenvalue weighted by atomic mass is 10.1. The van der Waals surface area contributed by atoms with E-state index in [-0.39, 0.29) is 18.7 Å². The van der Waals surface area contributed by atoms with E-state index in [1.165, 1.54) is 6.07 Å². The Balaban J connectivity index is 1.81. The van der Waals surface area contributed by atoms with Gasteiger partial charge >= 0.3 is 12.1 Å². The Labute approximate surface area is 182 Å². The van der Waals surface area contributed by atoms with Gasteiger partial charge in [-0.05, 0) is 55.5 Å². The fourth-order valence-corrected chi connectivity index (χ4v) is 3.34. The number of benzene rings is 3. The zero-order valence-electron chi connectivity index (χ0n) is 17.1. The topological polar surface area (TPSA) is 53.4 Å². The summed E-state index contributed by atoms with van der Waals surface area (Å²) >= 11 is 0. The van der Waals surface area contributed by atoms with Crippen molar-refractivity contribution < 1.29 is 27.4 Å². The van der Waals surface area contributed by atoms with Crippen LogP contribution in [0.1, 0.15) is 28.7 Å². The number of nitrogens with zero attached hydrogens (tertiary/aromatic N) is 2. The normalized spacial score (nSPS) is 11.5. The lowest BCUT2D eigenvalue weighted by Gasteiger charge is -2.12. The van der Waals surface area contributed by atoms with Crippen molar-refractivity contribution in [2.45, 2.75) is 19.7 Å². The number of hydrogen-bond donors (Lipinski definition) is 0. The van der Waals surface area contributed by atoms with Crippen molar-refractivity contribution in [1.29, 1.82) is 0 Å². The quantitative estimate of drug-likeness (QED) is 0.356. The van der Waals surface area contributed by atoms with E-state index in [4.69, 9.17) is 9.47 Å². The minimum atomic E-state index is -4.48. The molecule has 5 nitrogen and oxygen atoms in total. The third-order valence-electron chi connectivity index (χ3n) is 4.78. The second-order valence-corrected chi connectivity index (χ2v) is 6.94. The van der Waals surface area contributed by atoms with Crippen molar-refractivity contribution in [3.8, 4) is 11.4 Å². The molecule has 0 saturated carbocycles. The third-order valence-corrected chi connectivity index (χ3v) is 4.78. The van der Waals surface area contributed by atoms with Crippen molar-refractivity contribution in [3.63, 3.8) is 0 Å². The van der Waals surface area contributed by atoms with Crippen LogP contribution in [0.5, 0.6) is 5.75 Å². The molecule has 0 saturated heterocycles. The van der Waals surface area contributed by atoms with Crippen LogP contribution in [0.25, 0.3) is 16.7 Å².